The molecule has 2 aromatic carbocycles. The number of carboxylic acid groups (broad SMARTS) is 1. The van der Waals surface area contributed by atoms with Gasteiger partial charge in [0.1, 0.15) is 5.75 Å². The summed E-state index contributed by atoms with van der Waals surface area (Å²) in [5, 5.41) is 24.1. The number of carboxylic acids is 1. The van der Waals surface area contributed by atoms with E-state index in [2.05, 4.69) is 10.3 Å². The van der Waals surface area contributed by atoms with Crippen LogP contribution in [-0.2, 0) is 11.2 Å². The number of hydrogen-bond acceptors (Lipinski definition) is 4. The Kier molecular flexibility index (Phi) is 6.57. The van der Waals surface area contributed by atoms with Crippen molar-refractivity contribution in [2.75, 3.05) is 13.2 Å². The average Bonchev–Trinajstić information content (AvgIpc) is 3.07. The van der Waals surface area contributed by atoms with Gasteiger partial charge in [-0.25, -0.2) is 4.79 Å². The molecule has 3 rings (SSSR count). The lowest BCUT2D eigenvalue weighted by atomic mass is 10.1. The molecule has 1 heterocycles. The number of carbonyl (C=O) groups is 1. The molecule has 7 heteroatoms. The first kappa shape index (κ1) is 20.2. The molecule has 0 spiro atoms. The summed E-state index contributed by atoms with van der Waals surface area (Å²) in [5.41, 5.74) is 2.65. The molecule has 0 bridgehead atoms. The Morgan fingerprint density at radius 1 is 1.32 bits per heavy atom. The summed E-state index contributed by atoms with van der Waals surface area (Å²) in [6.45, 7) is 2.08. The minimum absolute atomic E-state index is 0.122. The lowest BCUT2D eigenvalue weighted by molar-refractivity contribution is -0.139. The number of ether oxygens (including phenoxy) is 1. The third kappa shape index (κ3) is 5.04. The Hall–Kier alpha value is -2.54. The van der Waals surface area contributed by atoms with Crippen LogP contribution < -0.4 is 10.1 Å². The SMILES string of the molecule is C[C@H](Cc1c[nH]c2c(OCC(=O)O)cccc12)NC[14C@@H](O)c1cccc(Cl)c1. The maximum atomic E-state index is 10.7. The number of rotatable bonds is 9. The first-order valence-electron chi connectivity index (χ1n) is 9.04. The van der Waals surface area contributed by atoms with E-state index in [0.29, 0.717) is 17.3 Å². The van der Waals surface area contributed by atoms with Gasteiger partial charge < -0.3 is 25.3 Å². The van der Waals surface area contributed by atoms with Gasteiger partial charge in [0.15, 0.2) is 6.61 Å². The summed E-state index contributed by atoms with van der Waals surface area (Å²) in [5.74, 6) is -0.497. The number of H-pyrrole nitrogens is 1. The Morgan fingerprint density at radius 3 is 2.86 bits per heavy atom. The minimum Gasteiger partial charge on any atom is -0.480 e. The molecule has 3 aromatic rings. The standard InChI is InChI=1S/C21H23ClN2O4/c1-13(23-11-18(25)14-4-2-5-16(22)9-14)8-15-10-24-21-17(15)6-3-7-19(21)28-12-20(26)27/h2-7,9-10,13,18,23-25H,8,11-12H2,1H3,(H,26,27)/t13-,18-/m1/s1/i18+2. The zero-order chi connectivity index (χ0) is 20.1. The van der Waals surface area contributed by atoms with E-state index in [1.807, 2.05) is 37.4 Å². The van der Waals surface area contributed by atoms with Crippen molar-refractivity contribution in [1.82, 2.24) is 10.3 Å². The van der Waals surface area contributed by atoms with Crippen LogP contribution in [-0.4, -0.2) is 40.4 Å². The summed E-state index contributed by atoms with van der Waals surface area (Å²) in [4.78, 5) is 13.9. The van der Waals surface area contributed by atoms with Gasteiger partial charge in [0.25, 0.3) is 0 Å². The number of aliphatic hydroxyl groups excluding tert-OH is 1. The number of aromatic nitrogens is 1. The van der Waals surface area contributed by atoms with Crippen molar-refractivity contribution >= 4 is 28.5 Å². The number of aromatic amines is 1. The number of aliphatic carboxylic acids is 1. The number of para-hydroxylation sites is 1. The summed E-state index contributed by atoms with van der Waals surface area (Å²) < 4.78 is 5.35. The Labute approximate surface area is 168 Å². The van der Waals surface area contributed by atoms with Crippen molar-refractivity contribution in [2.24, 2.45) is 0 Å². The van der Waals surface area contributed by atoms with Crippen molar-refractivity contribution in [3.8, 4) is 5.75 Å². The second kappa shape index (κ2) is 9.10. The fraction of sp³-hybridized carbons (Fsp3) is 0.286. The highest BCUT2D eigenvalue weighted by Crippen LogP contribution is 2.28. The smallest absolute Gasteiger partial charge is 0.341 e. The molecular formula is C21H23ClN2O4. The van der Waals surface area contributed by atoms with Gasteiger partial charge in [-0.1, -0.05) is 35.9 Å². The van der Waals surface area contributed by atoms with Gasteiger partial charge in [-0.2, -0.15) is 0 Å². The van der Waals surface area contributed by atoms with Crippen molar-refractivity contribution in [3.63, 3.8) is 0 Å². The molecule has 0 saturated heterocycles. The van der Waals surface area contributed by atoms with Gasteiger partial charge in [0.2, 0.25) is 0 Å². The molecule has 4 N–H and O–H groups in total. The normalized spacial score (nSPS) is 13.4. The third-order valence-corrected chi connectivity index (χ3v) is 4.77. The third-order valence-electron chi connectivity index (χ3n) is 4.53. The van der Waals surface area contributed by atoms with E-state index in [1.54, 1.807) is 18.2 Å². The lowest BCUT2D eigenvalue weighted by Crippen LogP contribution is -2.32. The van der Waals surface area contributed by atoms with E-state index >= 15 is 0 Å². The van der Waals surface area contributed by atoms with Crippen LogP contribution in [0.3, 0.4) is 0 Å². The fourth-order valence-electron chi connectivity index (χ4n) is 3.16. The Bertz CT molecular complexity index is 956. The largest absolute Gasteiger partial charge is 0.480 e. The van der Waals surface area contributed by atoms with Gasteiger partial charge in [-0.05, 0) is 42.7 Å². The number of benzene rings is 2. The maximum absolute atomic E-state index is 10.7. The first-order chi connectivity index (χ1) is 13.4. The van der Waals surface area contributed by atoms with Crippen LogP contribution in [0.1, 0.15) is 24.2 Å². The molecule has 0 amide bonds. The number of halogens is 1. The highest BCUT2D eigenvalue weighted by atomic mass is 35.5. The van der Waals surface area contributed by atoms with Crippen LogP contribution in [0.2, 0.25) is 5.02 Å². The highest BCUT2D eigenvalue weighted by molar-refractivity contribution is 6.30. The molecule has 2 atom stereocenters. The van der Waals surface area contributed by atoms with Crippen molar-refractivity contribution in [1.29, 1.82) is 0 Å². The molecule has 0 aliphatic heterocycles. The second-order valence-electron chi connectivity index (χ2n) is 6.76. The van der Waals surface area contributed by atoms with Crippen LogP contribution in [0, 0.1) is 0 Å². The van der Waals surface area contributed by atoms with Crippen LogP contribution in [0.5, 0.6) is 5.75 Å². The molecule has 0 fully saturated rings. The Morgan fingerprint density at radius 2 is 2.11 bits per heavy atom. The summed E-state index contributed by atoms with van der Waals surface area (Å²) in [7, 11) is 0. The van der Waals surface area contributed by atoms with Gasteiger partial charge in [0.05, 0.1) is 11.6 Å². The molecule has 148 valence electrons. The number of nitrogens with one attached hydrogen (secondary N) is 2. The van der Waals surface area contributed by atoms with E-state index < -0.39 is 12.1 Å². The number of fused-ring (bicyclic) bond motifs is 1. The molecule has 1 aromatic heterocycles. The average molecular weight is 405 g/mol. The second-order valence-corrected chi connectivity index (χ2v) is 7.20. The van der Waals surface area contributed by atoms with Crippen LogP contribution in [0.25, 0.3) is 10.9 Å². The highest BCUT2D eigenvalue weighted by Gasteiger charge is 2.14. The molecule has 6 nitrogen and oxygen atoms in total. The minimum atomic E-state index is -1.01. The molecule has 0 unspecified atom stereocenters. The predicted octanol–water partition coefficient (Wildman–Crippen LogP) is 3.54. The molecule has 0 saturated carbocycles. The van der Waals surface area contributed by atoms with Gasteiger partial charge in [-0.15, -0.1) is 0 Å². The fourth-order valence-corrected chi connectivity index (χ4v) is 3.36. The molecule has 28 heavy (non-hydrogen) atoms. The number of hydrogen-bond donors (Lipinski definition) is 4. The summed E-state index contributed by atoms with van der Waals surface area (Å²) >= 11 is 5.98. The lowest BCUT2D eigenvalue weighted by Gasteiger charge is -2.17. The van der Waals surface area contributed by atoms with E-state index in [4.69, 9.17) is 21.4 Å². The topological polar surface area (TPSA) is 94.6 Å². The van der Waals surface area contributed by atoms with E-state index in [-0.39, 0.29) is 12.6 Å². The van der Waals surface area contributed by atoms with Gasteiger partial charge in [-0.3, -0.25) is 0 Å². The predicted molar refractivity (Wildman–Crippen MR) is 109 cm³/mol. The van der Waals surface area contributed by atoms with Gasteiger partial charge >= 0.3 is 5.97 Å². The zero-order valence-corrected chi connectivity index (χ0v) is 16.2. The van der Waals surface area contributed by atoms with Crippen molar-refractivity contribution in [2.45, 2.75) is 25.5 Å². The van der Waals surface area contributed by atoms with E-state index in [0.717, 1.165) is 28.5 Å². The monoisotopic (exact) mass is 404 g/mol. The number of aliphatic hydroxyl groups is 1. The first-order valence-corrected chi connectivity index (χ1v) is 9.42. The van der Waals surface area contributed by atoms with E-state index in [1.165, 1.54) is 0 Å². The van der Waals surface area contributed by atoms with Crippen molar-refractivity contribution in [3.05, 3.63) is 64.8 Å². The summed E-state index contributed by atoms with van der Waals surface area (Å²) in [6.07, 6.45) is 2.01. The molecule has 0 aliphatic carbocycles. The van der Waals surface area contributed by atoms with Crippen molar-refractivity contribution < 1.29 is 19.7 Å². The van der Waals surface area contributed by atoms with Crippen LogP contribution in [0.4, 0.5) is 0 Å². The molecule has 0 radical (unpaired) electrons. The van der Waals surface area contributed by atoms with Crippen LogP contribution >= 0.6 is 11.6 Å². The van der Waals surface area contributed by atoms with Gasteiger partial charge in [0, 0.05) is 29.2 Å². The molecular weight excluding hydrogens is 382 g/mol. The zero-order valence-electron chi connectivity index (χ0n) is 15.5. The van der Waals surface area contributed by atoms with Crippen LogP contribution in [0.15, 0.2) is 48.7 Å². The maximum Gasteiger partial charge on any atom is 0.341 e. The molecule has 0 aliphatic rings. The summed E-state index contributed by atoms with van der Waals surface area (Å²) in [6, 6.07) is 12.9. The Balaban J connectivity index is 1.62. The van der Waals surface area contributed by atoms with E-state index in [9.17, 15) is 9.90 Å². The quantitative estimate of drug-likeness (QED) is 0.437.